The van der Waals surface area contributed by atoms with Gasteiger partial charge in [-0.25, -0.2) is 0 Å². The zero-order valence-electron chi connectivity index (χ0n) is 9.44. The molecule has 1 aromatic rings. The van der Waals surface area contributed by atoms with E-state index in [1.54, 1.807) is 0 Å². The molecule has 17 heavy (non-hydrogen) atoms. The van der Waals surface area contributed by atoms with Gasteiger partial charge in [0.05, 0.1) is 0 Å². The van der Waals surface area contributed by atoms with Crippen LogP contribution in [0.4, 0.5) is 9.41 Å². The maximum atomic E-state index is 2.28. The summed E-state index contributed by atoms with van der Waals surface area (Å²) >= 11 is 0. The van der Waals surface area contributed by atoms with Gasteiger partial charge in [-0.3, -0.25) is 9.41 Å². The summed E-state index contributed by atoms with van der Waals surface area (Å²) < 4.78 is 0. The van der Waals surface area contributed by atoms with Crippen LogP contribution in [0.5, 0.6) is 0 Å². The monoisotopic (exact) mass is 309 g/mol. The van der Waals surface area contributed by atoms with Crippen molar-refractivity contribution in [3.8, 4) is 11.1 Å². The predicted molar refractivity (Wildman–Crippen MR) is 65.9 cm³/mol. The number of rotatable bonds is 0. The van der Waals surface area contributed by atoms with Crippen molar-refractivity contribution in [2.45, 2.75) is 6.92 Å². The standard InChI is InChI=1S/C14H11.2FH.Zr/c1-10-5-4-8-13-12-7-3-2-6-11(12)9-14(10)13;;;/h2-9H,1H3;2*1H;/q-1;;;. The van der Waals surface area contributed by atoms with E-state index < -0.39 is 0 Å². The number of halogens is 2. The van der Waals surface area contributed by atoms with Gasteiger partial charge in [0.25, 0.3) is 0 Å². The molecule has 0 radical (unpaired) electrons. The molecule has 2 aliphatic carbocycles. The third-order valence-corrected chi connectivity index (χ3v) is 2.87. The van der Waals surface area contributed by atoms with Crippen molar-refractivity contribution in [2.24, 2.45) is 0 Å². The Hall–Kier alpha value is -0.947. The van der Waals surface area contributed by atoms with Crippen molar-refractivity contribution in [3.05, 3.63) is 54.1 Å². The number of hydrogen-bond acceptors (Lipinski definition) is 0. The normalized spacial score (nSPS) is 9.24. The summed E-state index contributed by atoms with van der Waals surface area (Å²) in [5.74, 6) is 0. The van der Waals surface area contributed by atoms with Crippen LogP contribution in [0, 0.1) is 6.92 Å². The van der Waals surface area contributed by atoms with Crippen LogP contribution in [0.2, 0.25) is 0 Å². The minimum atomic E-state index is 0. The van der Waals surface area contributed by atoms with Gasteiger partial charge < -0.3 is 0 Å². The maximum Gasteiger partial charge on any atom is 0 e. The van der Waals surface area contributed by atoms with Crippen LogP contribution in [-0.2, 0) is 26.2 Å². The molecule has 1 aromatic carbocycles. The quantitative estimate of drug-likeness (QED) is 0.544. The minimum Gasteiger partial charge on any atom is -0.269 e. The van der Waals surface area contributed by atoms with Gasteiger partial charge in [0.15, 0.2) is 0 Å². The van der Waals surface area contributed by atoms with Gasteiger partial charge in [0.1, 0.15) is 0 Å². The molecule has 0 nitrogen and oxygen atoms in total. The zero-order chi connectivity index (χ0) is 9.54. The smallest absolute Gasteiger partial charge is 0 e. The molecule has 0 spiro atoms. The van der Waals surface area contributed by atoms with Gasteiger partial charge in [-0.1, -0.05) is 42.0 Å². The van der Waals surface area contributed by atoms with Crippen molar-refractivity contribution >= 4 is 10.8 Å². The average Bonchev–Trinajstić information content (AvgIpc) is 2.59. The molecule has 0 aliphatic heterocycles. The van der Waals surface area contributed by atoms with Gasteiger partial charge in [0, 0.05) is 26.2 Å². The van der Waals surface area contributed by atoms with E-state index in [4.69, 9.17) is 0 Å². The number of fused-ring (bicyclic) bond motifs is 3. The second kappa shape index (κ2) is 6.11. The van der Waals surface area contributed by atoms with Crippen LogP contribution >= 0.6 is 0 Å². The Morgan fingerprint density at radius 2 is 1.65 bits per heavy atom. The van der Waals surface area contributed by atoms with Crippen LogP contribution in [0.15, 0.2) is 48.5 Å². The largest absolute Gasteiger partial charge is 0.269 e. The van der Waals surface area contributed by atoms with E-state index in [-0.39, 0.29) is 35.6 Å². The summed E-state index contributed by atoms with van der Waals surface area (Å²) in [4.78, 5) is 0. The van der Waals surface area contributed by atoms with E-state index in [1.165, 1.54) is 27.5 Å². The maximum absolute atomic E-state index is 2.28. The summed E-state index contributed by atoms with van der Waals surface area (Å²) in [6.07, 6.45) is 0. The Bertz CT molecular complexity index is 572. The SMILES string of the molecule is C[c-]1cccc2c3ccccc3cc1-2.F.F.[Zr]. The topological polar surface area (TPSA) is 0 Å². The molecular weight excluding hydrogens is 297 g/mol. The van der Waals surface area contributed by atoms with Crippen LogP contribution in [0.1, 0.15) is 5.56 Å². The van der Waals surface area contributed by atoms with Crippen molar-refractivity contribution in [2.75, 3.05) is 0 Å². The van der Waals surface area contributed by atoms with Crippen molar-refractivity contribution < 1.29 is 35.6 Å². The molecule has 0 unspecified atom stereocenters. The van der Waals surface area contributed by atoms with E-state index in [2.05, 4.69) is 55.5 Å². The number of benzene rings is 2. The molecule has 0 saturated heterocycles. The molecule has 0 N–H and O–H groups in total. The second-order valence-electron chi connectivity index (χ2n) is 3.77. The molecule has 3 rings (SSSR count). The zero-order valence-corrected chi connectivity index (χ0v) is 11.9. The molecule has 0 aromatic heterocycles. The summed E-state index contributed by atoms with van der Waals surface area (Å²) in [5.41, 5.74) is 4.12. The fourth-order valence-corrected chi connectivity index (χ4v) is 2.13. The molecule has 0 saturated carbocycles. The van der Waals surface area contributed by atoms with Crippen LogP contribution < -0.4 is 0 Å². The average molecular weight is 310 g/mol. The molecule has 0 bridgehead atoms. The summed E-state index contributed by atoms with van der Waals surface area (Å²) in [6, 6.07) is 17.3. The minimum absolute atomic E-state index is 0. The third kappa shape index (κ3) is 2.50. The van der Waals surface area contributed by atoms with E-state index >= 15 is 0 Å². The second-order valence-corrected chi connectivity index (χ2v) is 3.77. The van der Waals surface area contributed by atoms with E-state index in [1.807, 2.05) is 0 Å². The van der Waals surface area contributed by atoms with Gasteiger partial charge in [-0.05, 0) is 0 Å². The Morgan fingerprint density at radius 1 is 0.941 bits per heavy atom. The van der Waals surface area contributed by atoms with Crippen molar-refractivity contribution in [1.82, 2.24) is 0 Å². The molecule has 0 heterocycles. The first-order valence-corrected chi connectivity index (χ1v) is 4.90. The van der Waals surface area contributed by atoms with Gasteiger partial charge in [0.2, 0.25) is 0 Å². The van der Waals surface area contributed by atoms with Gasteiger partial charge in [-0.15, -0.1) is 41.0 Å². The van der Waals surface area contributed by atoms with Crippen molar-refractivity contribution in [3.63, 3.8) is 0 Å². The van der Waals surface area contributed by atoms with E-state index in [9.17, 15) is 0 Å². The van der Waals surface area contributed by atoms with E-state index in [0.29, 0.717) is 0 Å². The number of hydrogen-bond donors (Lipinski definition) is 0. The Morgan fingerprint density at radius 3 is 2.41 bits per heavy atom. The van der Waals surface area contributed by atoms with Crippen LogP contribution in [0.25, 0.3) is 21.9 Å². The number of aryl methyl sites for hydroxylation is 1. The molecule has 88 valence electrons. The predicted octanol–water partition coefficient (Wildman–Crippen LogP) is 4.27. The molecule has 0 atom stereocenters. The third-order valence-electron chi connectivity index (χ3n) is 2.87. The summed E-state index contributed by atoms with van der Waals surface area (Å²) in [5, 5.41) is 2.71. The molecular formula is C14H13F2Zr-. The first kappa shape index (κ1) is 16.1. The summed E-state index contributed by atoms with van der Waals surface area (Å²) in [6.45, 7) is 2.17. The molecule has 0 amide bonds. The first-order chi connectivity index (χ1) is 6.86. The molecule has 2 aliphatic rings. The van der Waals surface area contributed by atoms with Gasteiger partial charge >= 0.3 is 0 Å². The fourth-order valence-electron chi connectivity index (χ4n) is 2.13. The van der Waals surface area contributed by atoms with Crippen LogP contribution in [-0.4, -0.2) is 0 Å². The van der Waals surface area contributed by atoms with Crippen molar-refractivity contribution in [1.29, 1.82) is 0 Å². The summed E-state index contributed by atoms with van der Waals surface area (Å²) in [7, 11) is 0. The first-order valence-electron chi connectivity index (χ1n) is 4.90. The Kier molecular flexibility index (Phi) is 5.77. The van der Waals surface area contributed by atoms with E-state index in [0.717, 1.165) is 0 Å². The van der Waals surface area contributed by atoms with Gasteiger partial charge in [-0.2, -0.15) is 0 Å². The molecule has 0 fully saturated rings. The Labute approximate surface area is 118 Å². The fraction of sp³-hybridized carbons (Fsp3) is 0.0714. The molecule has 3 heteroatoms. The van der Waals surface area contributed by atoms with Crippen LogP contribution in [0.3, 0.4) is 0 Å². The Balaban J connectivity index is 0.000000853.